The second-order valence-electron chi connectivity index (χ2n) is 7.48. The van der Waals surface area contributed by atoms with E-state index in [1.165, 1.54) is 18.2 Å². The van der Waals surface area contributed by atoms with Crippen LogP contribution in [0.4, 0.5) is 20.4 Å². The van der Waals surface area contributed by atoms with Crippen molar-refractivity contribution in [2.45, 2.75) is 18.8 Å². The Bertz CT molecular complexity index is 1140. The van der Waals surface area contributed by atoms with Gasteiger partial charge in [-0.1, -0.05) is 11.6 Å². The fraction of sp³-hybridized carbons (Fsp3) is 0.333. The fourth-order valence-corrected chi connectivity index (χ4v) is 3.64. The van der Waals surface area contributed by atoms with Gasteiger partial charge in [0, 0.05) is 50.3 Å². The number of hydrogen-bond acceptors (Lipinski definition) is 6. The van der Waals surface area contributed by atoms with Crippen LogP contribution < -0.4 is 10.1 Å². The molecular weight excluding hydrogens is 442 g/mol. The summed E-state index contributed by atoms with van der Waals surface area (Å²) in [5, 5.41) is 7.57. The Balaban J connectivity index is 1.54. The van der Waals surface area contributed by atoms with Crippen LogP contribution in [-0.2, 0) is 7.05 Å². The van der Waals surface area contributed by atoms with Crippen LogP contribution in [0.15, 0.2) is 36.8 Å². The fourth-order valence-electron chi connectivity index (χ4n) is 3.44. The maximum atomic E-state index is 13.4. The molecule has 1 N–H and O–H groups in total. The second-order valence-corrected chi connectivity index (χ2v) is 7.89. The number of benzene rings is 1. The van der Waals surface area contributed by atoms with Gasteiger partial charge in [0.2, 0.25) is 5.95 Å². The lowest BCUT2D eigenvalue weighted by Gasteiger charge is -2.31. The van der Waals surface area contributed by atoms with E-state index in [2.05, 4.69) is 20.4 Å². The van der Waals surface area contributed by atoms with Gasteiger partial charge in [0.15, 0.2) is 0 Å². The molecule has 8 nitrogen and oxygen atoms in total. The van der Waals surface area contributed by atoms with Gasteiger partial charge in [-0.25, -0.2) is 18.7 Å². The van der Waals surface area contributed by atoms with Crippen molar-refractivity contribution in [3.63, 3.8) is 0 Å². The highest BCUT2D eigenvalue weighted by Gasteiger charge is 2.35. The van der Waals surface area contributed by atoms with Crippen molar-refractivity contribution in [3.8, 4) is 17.0 Å². The number of likely N-dealkylation sites (tertiary alicyclic amines) is 1. The lowest BCUT2D eigenvalue weighted by Crippen LogP contribution is -2.42. The van der Waals surface area contributed by atoms with E-state index >= 15 is 0 Å². The van der Waals surface area contributed by atoms with Crippen LogP contribution in [0.25, 0.3) is 11.3 Å². The molecule has 0 radical (unpaired) electrons. The topological polar surface area (TPSA) is 85.2 Å². The summed E-state index contributed by atoms with van der Waals surface area (Å²) in [6.45, 7) is 0.0355. The number of hydrogen-bond donors (Lipinski definition) is 1. The monoisotopic (exact) mass is 462 g/mol. The largest absolute Gasteiger partial charge is 0.495 e. The van der Waals surface area contributed by atoms with E-state index in [4.69, 9.17) is 16.3 Å². The molecule has 4 rings (SSSR count). The van der Waals surface area contributed by atoms with Crippen molar-refractivity contribution in [2.24, 2.45) is 7.05 Å². The van der Waals surface area contributed by atoms with E-state index in [-0.39, 0.29) is 37.8 Å². The molecule has 11 heteroatoms. The molecule has 1 aliphatic rings. The van der Waals surface area contributed by atoms with E-state index in [0.717, 1.165) is 5.56 Å². The molecule has 1 amide bonds. The molecule has 1 aromatic carbocycles. The number of amides is 1. The number of aromatic nitrogens is 4. The minimum Gasteiger partial charge on any atom is -0.495 e. The molecular formula is C21H21ClF2N6O2. The normalized spacial score (nSPS) is 15.5. The van der Waals surface area contributed by atoms with Gasteiger partial charge in [-0.2, -0.15) is 5.10 Å². The molecule has 1 fully saturated rings. The van der Waals surface area contributed by atoms with Gasteiger partial charge >= 0.3 is 0 Å². The van der Waals surface area contributed by atoms with Crippen molar-refractivity contribution in [3.05, 3.63) is 47.4 Å². The van der Waals surface area contributed by atoms with Crippen molar-refractivity contribution < 1.29 is 18.3 Å². The quantitative estimate of drug-likeness (QED) is 0.613. The first kappa shape index (κ1) is 21.9. The van der Waals surface area contributed by atoms with Gasteiger partial charge < -0.3 is 15.0 Å². The number of carbonyl (C=O) groups excluding carboxylic acids is 1. The number of rotatable bonds is 5. The third kappa shape index (κ3) is 4.64. The van der Waals surface area contributed by atoms with Crippen LogP contribution in [0.5, 0.6) is 5.75 Å². The zero-order valence-corrected chi connectivity index (χ0v) is 18.2. The molecule has 32 heavy (non-hydrogen) atoms. The number of carbonyl (C=O) groups is 1. The highest BCUT2D eigenvalue weighted by atomic mass is 35.5. The third-order valence-corrected chi connectivity index (χ3v) is 5.48. The summed E-state index contributed by atoms with van der Waals surface area (Å²) in [6, 6.07) is 4.83. The third-order valence-electron chi connectivity index (χ3n) is 5.20. The Morgan fingerprint density at radius 2 is 2.00 bits per heavy atom. The number of nitrogens with one attached hydrogen (secondary N) is 1. The minimum atomic E-state index is -2.71. The lowest BCUT2D eigenvalue weighted by molar-refractivity contribution is -0.0494. The standard InChI is InChI=1S/C21H21ClF2N6O2/c1-29-12-14(10-26-29)18-15(22)11-25-20(28-18)27-16-4-3-13(9-17(16)32-2)19(31)30-7-5-21(23,24)6-8-30/h3-4,9-12H,5-8H2,1-2H3,(H,25,27,28). The number of anilines is 2. The van der Waals surface area contributed by atoms with Crippen LogP contribution in [0.3, 0.4) is 0 Å². The summed E-state index contributed by atoms with van der Waals surface area (Å²) in [5.74, 6) is -2.36. The maximum absolute atomic E-state index is 13.4. The molecule has 1 aliphatic heterocycles. The summed E-state index contributed by atoms with van der Waals surface area (Å²) in [4.78, 5) is 22.8. The van der Waals surface area contributed by atoms with Gasteiger partial charge in [-0.3, -0.25) is 9.48 Å². The Hall–Kier alpha value is -3.27. The summed E-state index contributed by atoms with van der Waals surface area (Å²) >= 11 is 6.25. The summed E-state index contributed by atoms with van der Waals surface area (Å²) in [6.07, 6.45) is 4.26. The number of ether oxygens (including phenoxy) is 1. The number of methoxy groups -OCH3 is 1. The Morgan fingerprint density at radius 1 is 1.25 bits per heavy atom. The first-order chi connectivity index (χ1) is 15.3. The van der Waals surface area contributed by atoms with Crippen LogP contribution in [0, 0.1) is 0 Å². The van der Waals surface area contributed by atoms with Crippen LogP contribution in [-0.4, -0.2) is 56.7 Å². The average molecular weight is 463 g/mol. The van der Waals surface area contributed by atoms with Gasteiger partial charge in [-0.15, -0.1) is 0 Å². The first-order valence-corrected chi connectivity index (χ1v) is 10.3. The van der Waals surface area contributed by atoms with E-state index in [0.29, 0.717) is 27.7 Å². The smallest absolute Gasteiger partial charge is 0.253 e. The van der Waals surface area contributed by atoms with E-state index < -0.39 is 5.92 Å². The van der Waals surface area contributed by atoms with Crippen LogP contribution in [0.2, 0.25) is 5.02 Å². The SMILES string of the molecule is COc1cc(C(=O)N2CCC(F)(F)CC2)ccc1Nc1ncc(Cl)c(-c2cnn(C)c2)n1. The molecule has 0 spiro atoms. The van der Waals surface area contributed by atoms with Crippen LogP contribution >= 0.6 is 11.6 Å². The Kier molecular flexibility index (Phi) is 5.96. The molecule has 0 aliphatic carbocycles. The molecule has 0 atom stereocenters. The van der Waals surface area contributed by atoms with Gasteiger partial charge in [-0.05, 0) is 18.2 Å². The predicted octanol–water partition coefficient (Wildman–Crippen LogP) is 4.15. The molecule has 2 aromatic heterocycles. The number of alkyl halides is 2. The second kappa shape index (κ2) is 8.70. The summed E-state index contributed by atoms with van der Waals surface area (Å²) < 4.78 is 33.9. The number of aryl methyl sites for hydroxylation is 1. The molecule has 3 aromatic rings. The molecule has 0 saturated carbocycles. The highest BCUT2D eigenvalue weighted by molar-refractivity contribution is 6.32. The molecule has 3 heterocycles. The van der Waals surface area contributed by atoms with Crippen molar-refractivity contribution in [2.75, 3.05) is 25.5 Å². The molecule has 1 saturated heterocycles. The molecule has 0 bridgehead atoms. The highest BCUT2D eigenvalue weighted by Crippen LogP contribution is 2.32. The summed E-state index contributed by atoms with van der Waals surface area (Å²) in [7, 11) is 3.26. The maximum Gasteiger partial charge on any atom is 0.253 e. The molecule has 168 valence electrons. The van der Waals surface area contributed by atoms with Gasteiger partial charge in [0.1, 0.15) is 5.75 Å². The Morgan fingerprint density at radius 3 is 2.66 bits per heavy atom. The van der Waals surface area contributed by atoms with Crippen LogP contribution in [0.1, 0.15) is 23.2 Å². The van der Waals surface area contributed by atoms with E-state index in [1.807, 2.05) is 0 Å². The average Bonchev–Trinajstić information content (AvgIpc) is 3.21. The van der Waals surface area contributed by atoms with E-state index in [1.54, 1.807) is 42.3 Å². The lowest BCUT2D eigenvalue weighted by atomic mass is 10.1. The van der Waals surface area contributed by atoms with Gasteiger partial charge in [0.25, 0.3) is 11.8 Å². The van der Waals surface area contributed by atoms with Crippen molar-refractivity contribution in [1.82, 2.24) is 24.6 Å². The zero-order valence-electron chi connectivity index (χ0n) is 17.5. The number of piperidine rings is 1. The molecule has 0 unspecified atom stereocenters. The summed E-state index contributed by atoms with van der Waals surface area (Å²) in [5.41, 5.74) is 2.15. The Labute approximate surface area is 188 Å². The minimum absolute atomic E-state index is 0.0177. The first-order valence-electron chi connectivity index (χ1n) is 9.89. The van der Waals surface area contributed by atoms with Gasteiger partial charge in [0.05, 0.1) is 35.9 Å². The van der Waals surface area contributed by atoms with Crippen molar-refractivity contribution in [1.29, 1.82) is 0 Å². The van der Waals surface area contributed by atoms with E-state index in [9.17, 15) is 13.6 Å². The van der Waals surface area contributed by atoms with Crippen molar-refractivity contribution >= 4 is 29.1 Å². The number of nitrogens with zero attached hydrogens (tertiary/aromatic N) is 5. The number of halogens is 3. The predicted molar refractivity (Wildman–Crippen MR) is 116 cm³/mol. The zero-order chi connectivity index (χ0) is 22.9.